The molecule has 3 N–H and O–H groups in total. The van der Waals surface area contributed by atoms with Crippen LogP contribution in [-0.2, 0) is 6.54 Å². The zero-order valence-electron chi connectivity index (χ0n) is 8.34. The lowest BCUT2D eigenvalue weighted by atomic mass is 10.2. The summed E-state index contributed by atoms with van der Waals surface area (Å²) in [6.45, 7) is 0.559. The molecule has 0 atom stereocenters. The summed E-state index contributed by atoms with van der Waals surface area (Å²) in [4.78, 5) is 8.19. The van der Waals surface area contributed by atoms with Gasteiger partial charge in [-0.1, -0.05) is 0 Å². The highest BCUT2D eigenvalue weighted by Gasteiger charge is 2.04. The number of nitriles is 1. The average Bonchev–Trinajstić information content (AvgIpc) is 2.80. The Bertz CT molecular complexity index is 515. The summed E-state index contributed by atoms with van der Waals surface area (Å²) >= 11 is 1.55. The van der Waals surface area contributed by atoms with Crippen molar-refractivity contribution < 1.29 is 0 Å². The first-order valence-electron chi connectivity index (χ1n) is 4.57. The Morgan fingerprint density at radius 2 is 2.38 bits per heavy atom. The molecule has 0 bridgehead atoms. The van der Waals surface area contributed by atoms with Crippen molar-refractivity contribution in [3.8, 4) is 6.07 Å². The average molecular weight is 231 g/mol. The van der Waals surface area contributed by atoms with E-state index in [1.807, 2.05) is 11.4 Å². The fourth-order valence-electron chi connectivity index (χ4n) is 1.21. The number of pyridine rings is 1. The molecule has 2 rings (SSSR count). The van der Waals surface area contributed by atoms with E-state index in [2.05, 4.69) is 15.3 Å². The SMILES string of the molecule is N#Cc1cc(N)cnc1NCc1nccs1. The molecule has 0 aliphatic heterocycles. The van der Waals surface area contributed by atoms with Gasteiger partial charge in [-0.25, -0.2) is 9.97 Å². The topological polar surface area (TPSA) is 87.6 Å². The molecule has 0 aromatic carbocycles. The van der Waals surface area contributed by atoms with E-state index < -0.39 is 0 Å². The van der Waals surface area contributed by atoms with Gasteiger partial charge in [0.1, 0.15) is 16.9 Å². The molecule has 2 heterocycles. The number of hydrogen-bond donors (Lipinski definition) is 2. The van der Waals surface area contributed by atoms with E-state index in [0.717, 1.165) is 5.01 Å². The van der Waals surface area contributed by atoms with Crippen molar-refractivity contribution in [1.29, 1.82) is 5.26 Å². The molecule has 2 aromatic heterocycles. The zero-order valence-corrected chi connectivity index (χ0v) is 9.16. The van der Waals surface area contributed by atoms with E-state index in [-0.39, 0.29) is 0 Å². The number of nitrogens with zero attached hydrogens (tertiary/aromatic N) is 3. The molecule has 0 saturated heterocycles. The van der Waals surface area contributed by atoms with Crippen LogP contribution >= 0.6 is 11.3 Å². The number of nitrogens with one attached hydrogen (secondary N) is 1. The maximum absolute atomic E-state index is 8.90. The lowest BCUT2D eigenvalue weighted by molar-refractivity contribution is 1.07. The number of aromatic nitrogens is 2. The maximum atomic E-state index is 8.90. The first kappa shape index (κ1) is 10.4. The van der Waals surface area contributed by atoms with Crippen molar-refractivity contribution in [3.63, 3.8) is 0 Å². The van der Waals surface area contributed by atoms with Gasteiger partial charge in [0.05, 0.1) is 24.0 Å². The normalized spacial score (nSPS) is 9.69. The molecule has 0 spiro atoms. The minimum absolute atomic E-state index is 0.441. The van der Waals surface area contributed by atoms with Gasteiger partial charge in [0.15, 0.2) is 0 Å². The third-order valence-electron chi connectivity index (χ3n) is 1.92. The van der Waals surface area contributed by atoms with Crippen molar-refractivity contribution in [2.24, 2.45) is 0 Å². The van der Waals surface area contributed by atoms with Crippen LogP contribution in [0.25, 0.3) is 0 Å². The van der Waals surface area contributed by atoms with Crippen molar-refractivity contribution in [1.82, 2.24) is 9.97 Å². The van der Waals surface area contributed by atoms with Crippen LogP contribution in [0.5, 0.6) is 0 Å². The summed E-state index contributed by atoms with van der Waals surface area (Å²) < 4.78 is 0. The molecular formula is C10H9N5S. The zero-order chi connectivity index (χ0) is 11.4. The minimum Gasteiger partial charge on any atom is -0.397 e. The molecular weight excluding hydrogens is 222 g/mol. The monoisotopic (exact) mass is 231 g/mol. The summed E-state index contributed by atoms with van der Waals surface area (Å²) in [5.74, 6) is 0.534. The number of rotatable bonds is 3. The number of nitrogen functional groups attached to an aromatic ring is 1. The van der Waals surface area contributed by atoms with Gasteiger partial charge < -0.3 is 11.1 Å². The second-order valence-electron chi connectivity index (χ2n) is 3.06. The second-order valence-corrected chi connectivity index (χ2v) is 4.04. The predicted molar refractivity (Wildman–Crippen MR) is 62.8 cm³/mol. The molecule has 0 saturated carbocycles. The van der Waals surface area contributed by atoms with Crippen molar-refractivity contribution in [3.05, 3.63) is 34.4 Å². The van der Waals surface area contributed by atoms with Gasteiger partial charge in [0.25, 0.3) is 0 Å². The number of nitrogens with two attached hydrogens (primary N) is 1. The van der Waals surface area contributed by atoms with Gasteiger partial charge in [-0.2, -0.15) is 5.26 Å². The van der Waals surface area contributed by atoms with Crippen LogP contribution in [0.4, 0.5) is 11.5 Å². The summed E-state index contributed by atoms with van der Waals surface area (Å²) in [5.41, 5.74) is 6.47. The maximum Gasteiger partial charge on any atom is 0.144 e. The minimum atomic E-state index is 0.441. The first-order valence-corrected chi connectivity index (χ1v) is 5.45. The Kier molecular flexibility index (Phi) is 2.98. The number of thiazole rings is 1. The fraction of sp³-hybridized carbons (Fsp3) is 0.100. The fourth-order valence-corrected chi connectivity index (χ4v) is 1.76. The van der Waals surface area contributed by atoms with Gasteiger partial charge in [-0.05, 0) is 6.07 Å². The Balaban J connectivity index is 2.13. The summed E-state index contributed by atoms with van der Waals surface area (Å²) in [6.07, 6.45) is 3.26. The molecule has 0 unspecified atom stereocenters. The molecule has 0 fully saturated rings. The second kappa shape index (κ2) is 4.59. The van der Waals surface area contributed by atoms with Crippen LogP contribution in [0.2, 0.25) is 0 Å². The van der Waals surface area contributed by atoms with E-state index in [0.29, 0.717) is 23.6 Å². The number of hydrogen-bond acceptors (Lipinski definition) is 6. The van der Waals surface area contributed by atoms with Crippen molar-refractivity contribution in [2.45, 2.75) is 6.54 Å². The van der Waals surface area contributed by atoms with E-state index in [4.69, 9.17) is 11.0 Å². The van der Waals surface area contributed by atoms with Crippen LogP contribution in [-0.4, -0.2) is 9.97 Å². The van der Waals surface area contributed by atoms with Crippen LogP contribution in [0.15, 0.2) is 23.8 Å². The van der Waals surface area contributed by atoms with Crippen LogP contribution < -0.4 is 11.1 Å². The van der Waals surface area contributed by atoms with Gasteiger partial charge in [0, 0.05) is 11.6 Å². The molecule has 0 aliphatic carbocycles. The van der Waals surface area contributed by atoms with Crippen LogP contribution in [0.3, 0.4) is 0 Å². The highest BCUT2D eigenvalue weighted by Crippen LogP contribution is 2.15. The van der Waals surface area contributed by atoms with Gasteiger partial charge in [-0.15, -0.1) is 11.3 Å². The predicted octanol–water partition coefficient (Wildman–Crippen LogP) is 1.60. The summed E-state index contributed by atoms with van der Waals surface area (Å²) in [7, 11) is 0. The van der Waals surface area contributed by atoms with Gasteiger partial charge in [-0.3, -0.25) is 0 Å². The Labute approximate surface area is 96.6 Å². The molecule has 16 heavy (non-hydrogen) atoms. The Morgan fingerprint density at radius 1 is 1.50 bits per heavy atom. The van der Waals surface area contributed by atoms with E-state index >= 15 is 0 Å². The molecule has 80 valence electrons. The molecule has 6 heteroatoms. The van der Waals surface area contributed by atoms with Gasteiger partial charge >= 0.3 is 0 Å². The third kappa shape index (κ3) is 2.27. The largest absolute Gasteiger partial charge is 0.397 e. The number of anilines is 2. The lowest BCUT2D eigenvalue weighted by Gasteiger charge is -2.05. The Hall–Kier alpha value is -2.13. The highest BCUT2D eigenvalue weighted by molar-refractivity contribution is 7.09. The molecule has 0 radical (unpaired) electrons. The van der Waals surface area contributed by atoms with E-state index in [9.17, 15) is 0 Å². The van der Waals surface area contributed by atoms with Crippen LogP contribution in [0.1, 0.15) is 10.6 Å². The molecule has 0 amide bonds. The third-order valence-corrected chi connectivity index (χ3v) is 2.70. The molecule has 5 nitrogen and oxygen atoms in total. The Morgan fingerprint density at radius 3 is 3.06 bits per heavy atom. The quantitative estimate of drug-likeness (QED) is 0.837. The van der Waals surface area contributed by atoms with Gasteiger partial charge in [0.2, 0.25) is 0 Å². The molecule has 0 aliphatic rings. The van der Waals surface area contributed by atoms with Crippen molar-refractivity contribution >= 4 is 22.8 Å². The molecule has 2 aromatic rings. The lowest BCUT2D eigenvalue weighted by Crippen LogP contribution is -2.03. The van der Waals surface area contributed by atoms with Crippen molar-refractivity contribution in [2.75, 3.05) is 11.1 Å². The van der Waals surface area contributed by atoms with E-state index in [1.54, 1.807) is 23.6 Å². The smallest absolute Gasteiger partial charge is 0.144 e. The first-order chi connectivity index (χ1) is 7.79. The van der Waals surface area contributed by atoms with Crippen LogP contribution in [0, 0.1) is 11.3 Å². The summed E-state index contributed by atoms with van der Waals surface area (Å²) in [6, 6.07) is 3.64. The standard InChI is InChI=1S/C10H9N5S/c11-4-7-3-8(12)5-14-10(7)15-6-9-13-1-2-16-9/h1-3,5H,6,12H2,(H,14,15). The highest BCUT2D eigenvalue weighted by atomic mass is 32.1. The summed E-state index contributed by atoms with van der Waals surface area (Å²) in [5, 5.41) is 14.8. The van der Waals surface area contributed by atoms with E-state index in [1.165, 1.54) is 6.20 Å².